The third kappa shape index (κ3) is 2.71. The zero-order chi connectivity index (χ0) is 17.9. The van der Waals surface area contributed by atoms with E-state index in [1.807, 2.05) is 0 Å². The van der Waals surface area contributed by atoms with Gasteiger partial charge >= 0.3 is 5.97 Å². The molecule has 24 heavy (non-hydrogen) atoms. The van der Waals surface area contributed by atoms with Crippen molar-refractivity contribution in [2.45, 2.75) is 6.42 Å². The maximum absolute atomic E-state index is 12.1. The van der Waals surface area contributed by atoms with Gasteiger partial charge in [-0.15, -0.1) is 6.58 Å². The van der Waals surface area contributed by atoms with Crippen LogP contribution in [0, 0.1) is 0 Å². The first-order chi connectivity index (χ1) is 11.5. The molecule has 0 aliphatic rings. The molecule has 0 fully saturated rings. The molecule has 6 nitrogen and oxygen atoms in total. The summed E-state index contributed by atoms with van der Waals surface area (Å²) in [6, 6.07) is 3.25. The molecule has 0 heterocycles. The number of carbonyl (C=O) groups is 1. The van der Waals surface area contributed by atoms with Gasteiger partial charge in [0.1, 0.15) is 11.5 Å². The van der Waals surface area contributed by atoms with E-state index in [0.29, 0.717) is 33.6 Å². The van der Waals surface area contributed by atoms with Crippen molar-refractivity contribution in [3.05, 3.63) is 35.9 Å². The molecule has 0 aromatic heterocycles. The monoisotopic (exact) mass is 332 g/mol. The summed E-state index contributed by atoms with van der Waals surface area (Å²) in [4.78, 5) is 12.1. The van der Waals surface area contributed by atoms with Gasteiger partial charge in [0.25, 0.3) is 0 Å². The van der Waals surface area contributed by atoms with Crippen molar-refractivity contribution in [2.24, 2.45) is 0 Å². The largest absolute Gasteiger partial charge is 0.507 e. The molecule has 0 radical (unpaired) electrons. The van der Waals surface area contributed by atoms with Gasteiger partial charge in [-0.3, -0.25) is 0 Å². The van der Waals surface area contributed by atoms with Crippen molar-refractivity contribution in [3.8, 4) is 23.0 Å². The second-order valence-corrected chi connectivity index (χ2v) is 4.97. The minimum absolute atomic E-state index is 0.0955. The fraction of sp³-hybridized carbons (Fsp3) is 0.278. The molecule has 2 rings (SSSR count). The van der Waals surface area contributed by atoms with Crippen LogP contribution in [0.25, 0.3) is 10.8 Å². The molecule has 0 saturated carbocycles. The van der Waals surface area contributed by atoms with Crippen LogP contribution in [-0.2, 0) is 11.2 Å². The lowest BCUT2D eigenvalue weighted by molar-refractivity contribution is 0.0599. The van der Waals surface area contributed by atoms with E-state index in [1.165, 1.54) is 28.4 Å². The first-order valence-electron chi connectivity index (χ1n) is 7.20. The van der Waals surface area contributed by atoms with Gasteiger partial charge in [-0.05, 0) is 12.5 Å². The Morgan fingerprint density at radius 3 is 2.29 bits per heavy atom. The number of fused-ring (bicyclic) bond motifs is 1. The van der Waals surface area contributed by atoms with Crippen molar-refractivity contribution in [3.63, 3.8) is 0 Å². The van der Waals surface area contributed by atoms with Gasteiger partial charge < -0.3 is 24.1 Å². The Kier molecular flexibility index (Phi) is 5.18. The van der Waals surface area contributed by atoms with Gasteiger partial charge in [-0.1, -0.05) is 6.08 Å². The minimum Gasteiger partial charge on any atom is -0.507 e. The van der Waals surface area contributed by atoms with E-state index >= 15 is 0 Å². The summed E-state index contributed by atoms with van der Waals surface area (Å²) >= 11 is 0. The molecule has 128 valence electrons. The van der Waals surface area contributed by atoms with Crippen molar-refractivity contribution >= 4 is 16.7 Å². The molecule has 0 atom stereocenters. The van der Waals surface area contributed by atoms with Gasteiger partial charge in [-0.2, -0.15) is 0 Å². The van der Waals surface area contributed by atoms with E-state index in [9.17, 15) is 9.90 Å². The fourth-order valence-corrected chi connectivity index (χ4v) is 2.69. The maximum Gasteiger partial charge on any atom is 0.338 e. The lowest BCUT2D eigenvalue weighted by Gasteiger charge is -2.18. The van der Waals surface area contributed by atoms with Crippen LogP contribution in [0.1, 0.15) is 15.9 Å². The molecule has 0 aliphatic heterocycles. The molecule has 0 spiro atoms. The number of ether oxygens (including phenoxy) is 4. The van der Waals surface area contributed by atoms with Gasteiger partial charge in [0.05, 0.1) is 39.4 Å². The molecule has 0 unspecified atom stereocenters. The lowest BCUT2D eigenvalue weighted by atomic mass is 9.95. The van der Waals surface area contributed by atoms with E-state index in [4.69, 9.17) is 18.9 Å². The van der Waals surface area contributed by atoms with Crippen LogP contribution in [0.2, 0.25) is 0 Å². The van der Waals surface area contributed by atoms with E-state index in [2.05, 4.69) is 6.58 Å². The lowest BCUT2D eigenvalue weighted by Crippen LogP contribution is -2.07. The molecular weight excluding hydrogens is 312 g/mol. The van der Waals surface area contributed by atoms with Gasteiger partial charge in [-0.25, -0.2) is 4.79 Å². The number of methoxy groups -OCH3 is 4. The number of phenolic OH excluding ortho intramolecular Hbond substituents is 1. The third-order valence-electron chi connectivity index (χ3n) is 3.78. The van der Waals surface area contributed by atoms with Crippen LogP contribution in [0.5, 0.6) is 23.0 Å². The Hall–Kier alpha value is -2.89. The summed E-state index contributed by atoms with van der Waals surface area (Å²) < 4.78 is 20.9. The SMILES string of the molecule is C=CCc1c(C(=O)OC)cc2c(OC)cc(OC)c(OC)c2c1O. The van der Waals surface area contributed by atoms with E-state index in [-0.39, 0.29) is 17.7 Å². The smallest absolute Gasteiger partial charge is 0.338 e. The molecule has 2 aromatic rings. The molecule has 0 bridgehead atoms. The van der Waals surface area contributed by atoms with Gasteiger partial charge in [0.2, 0.25) is 0 Å². The van der Waals surface area contributed by atoms with Gasteiger partial charge in [0, 0.05) is 17.0 Å². The molecule has 0 amide bonds. The summed E-state index contributed by atoms with van der Waals surface area (Å²) in [7, 11) is 5.75. The predicted molar refractivity (Wildman–Crippen MR) is 90.5 cm³/mol. The summed E-state index contributed by atoms with van der Waals surface area (Å²) in [5, 5.41) is 11.7. The Morgan fingerprint density at radius 1 is 1.12 bits per heavy atom. The Labute approximate surface area is 140 Å². The number of phenols is 1. The average molecular weight is 332 g/mol. The maximum atomic E-state index is 12.1. The van der Waals surface area contributed by atoms with E-state index in [0.717, 1.165) is 0 Å². The summed E-state index contributed by atoms with van der Waals surface area (Å²) in [6.45, 7) is 3.67. The summed E-state index contributed by atoms with van der Waals surface area (Å²) in [5.74, 6) is 0.552. The van der Waals surface area contributed by atoms with Crippen molar-refractivity contribution in [2.75, 3.05) is 28.4 Å². The highest BCUT2D eigenvalue weighted by molar-refractivity contribution is 6.06. The quantitative estimate of drug-likeness (QED) is 0.647. The highest BCUT2D eigenvalue weighted by atomic mass is 16.5. The average Bonchev–Trinajstić information content (AvgIpc) is 2.61. The van der Waals surface area contributed by atoms with Crippen molar-refractivity contribution < 1.29 is 28.8 Å². The zero-order valence-corrected chi connectivity index (χ0v) is 14.1. The number of allylic oxidation sites excluding steroid dienone is 1. The van der Waals surface area contributed by atoms with Crippen LogP contribution in [0.15, 0.2) is 24.8 Å². The van der Waals surface area contributed by atoms with Crippen LogP contribution in [0.4, 0.5) is 0 Å². The van der Waals surface area contributed by atoms with Gasteiger partial charge in [0.15, 0.2) is 11.5 Å². The molecule has 6 heteroatoms. The Morgan fingerprint density at radius 2 is 1.79 bits per heavy atom. The van der Waals surface area contributed by atoms with Crippen LogP contribution >= 0.6 is 0 Å². The van der Waals surface area contributed by atoms with Crippen LogP contribution < -0.4 is 14.2 Å². The van der Waals surface area contributed by atoms with Crippen LogP contribution in [0.3, 0.4) is 0 Å². The Bertz CT molecular complexity index is 794. The normalized spacial score (nSPS) is 10.3. The number of esters is 1. The highest BCUT2D eigenvalue weighted by Crippen LogP contribution is 2.47. The molecule has 1 N–H and O–H groups in total. The number of carbonyl (C=O) groups excluding carboxylic acids is 1. The Balaban J connectivity index is 3.02. The first kappa shape index (κ1) is 17.5. The summed E-state index contributed by atoms with van der Waals surface area (Å²) in [5.41, 5.74) is 0.644. The van der Waals surface area contributed by atoms with Crippen molar-refractivity contribution in [1.29, 1.82) is 0 Å². The number of rotatable bonds is 6. The molecule has 0 saturated heterocycles. The van der Waals surface area contributed by atoms with E-state index in [1.54, 1.807) is 18.2 Å². The van der Waals surface area contributed by atoms with Crippen molar-refractivity contribution in [1.82, 2.24) is 0 Å². The standard InChI is InChI=1S/C18H20O6/c1-6-7-10-11(18(20)24-5)8-12-13(21-2)9-14(22-3)17(23-4)15(12)16(10)19/h6,8-9,19H,1,7H2,2-5H3. The molecule has 0 aliphatic carbocycles. The third-order valence-corrected chi connectivity index (χ3v) is 3.78. The second-order valence-electron chi connectivity index (χ2n) is 4.97. The van der Waals surface area contributed by atoms with Crippen LogP contribution in [-0.4, -0.2) is 39.5 Å². The number of benzene rings is 2. The molecule has 2 aromatic carbocycles. The topological polar surface area (TPSA) is 74.2 Å². The number of hydrogen-bond acceptors (Lipinski definition) is 6. The summed E-state index contributed by atoms with van der Waals surface area (Å²) in [6.07, 6.45) is 1.88. The highest BCUT2D eigenvalue weighted by Gasteiger charge is 2.24. The number of aromatic hydroxyl groups is 1. The molecular formula is C18H20O6. The fourth-order valence-electron chi connectivity index (χ4n) is 2.69. The first-order valence-corrected chi connectivity index (χ1v) is 7.20. The number of hydrogen-bond donors (Lipinski definition) is 1. The predicted octanol–water partition coefficient (Wildman–Crippen LogP) is 3.09. The minimum atomic E-state index is -0.555. The van der Waals surface area contributed by atoms with E-state index < -0.39 is 5.97 Å². The second kappa shape index (κ2) is 7.12. The zero-order valence-electron chi connectivity index (χ0n) is 14.1.